The highest BCUT2D eigenvalue weighted by Gasteiger charge is 2.16. The summed E-state index contributed by atoms with van der Waals surface area (Å²) in [7, 11) is 2.15. The highest BCUT2D eigenvalue weighted by Crippen LogP contribution is 2.30. The fourth-order valence-electron chi connectivity index (χ4n) is 1.85. The van der Waals surface area contributed by atoms with Gasteiger partial charge in [-0.1, -0.05) is 6.07 Å². The molecule has 0 aromatic heterocycles. The number of piperazine rings is 1. The number of hydrogen-bond donors (Lipinski definition) is 1. The molecule has 1 heterocycles. The quantitative estimate of drug-likeness (QED) is 0.790. The Morgan fingerprint density at radius 2 is 1.87 bits per heavy atom. The van der Waals surface area contributed by atoms with Crippen LogP contribution >= 0.6 is 15.9 Å². The van der Waals surface area contributed by atoms with Crippen LogP contribution < -0.4 is 10.6 Å². The van der Waals surface area contributed by atoms with E-state index in [-0.39, 0.29) is 0 Å². The second-order valence-electron chi connectivity index (χ2n) is 3.96. The standard InChI is InChI=1S/C11H16BrN3/c1-14-5-7-15(8-6-14)10-4-2-3-9(12)11(10)13/h2-4H,5-8,13H2,1H3. The first-order valence-electron chi connectivity index (χ1n) is 5.16. The minimum absolute atomic E-state index is 0.849. The van der Waals surface area contributed by atoms with E-state index in [0.717, 1.165) is 42.0 Å². The van der Waals surface area contributed by atoms with E-state index in [1.807, 2.05) is 12.1 Å². The van der Waals surface area contributed by atoms with Gasteiger partial charge >= 0.3 is 0 Å². The summed E-state index contributed by atoms with van der Waals surface area (Å²) >= 11 is 3.46. The Morgan fingerprint density at radius 3 is 2.53 bits per heavy atom. The van der Waals surface area contributed by atoms with E-state index in [0.29, 0.717) is 0 Å². The first-order valence-corrected chi connectivity index (χ1v) is 5.95. The fourth-order valence-corrected chi connectivity index (χ4v) is 2.20. The molecule has 1 aromatic rings. The molecule has 0 atom stereocenters. The lowest BCUT2D eigenvalue weighted by Gasteiger charge is -2.34. The minimum Gasteiger partial charge on any atom is -0.396 e. The maximum absolute atomic E-state index is 6.05. The van der Waals surface area contributed by atoms with Crippen molar-refractivity contribution < 1.29 is 0 Å². The van der Waals surface area contributed by atoms with E-state index in [1.54, 1.807) is 0 Å². The zero-order valence-corrected chi connectivity index (χ0v) is 10.5. The van der Waals surface area contributed by atoms with Gasteiger partial charge in [0, 0.05) is 30.7 Å². The number of hydrogen-bond acceptors (Lipinski definition) is 3. The van der Waals surface area contributed by atoms with E-state index >= 15 is 0 Å². The Morgan fingerprint density at radius 1 is 1.20 bits per heavy atom. The molecule has 2 rings (SSSR count). The Balaban J connectivity index is 2.19. The summed E-state index contributed by atoms with van der Waals surface area (Å²) in [6.07, 6.45) is 0. The van der Waals surface area contributed by atoms with Gasteiger partial charge in [0.2, 0.25) is 0 Å². The summed E-state index contributed by atoms with van der Waals surface area (Å²) in [6.45, 7) is 4.31. The van der Waals surface area contributed by atoms with E-state index < -0.39 is 0 Å². The van der Waals surface area contributed by atoms with Gasteiger partial charge in [-0.25, -0.2) is 0 Å². The second-order valence-corrected chi connectivity index (χ2v) is 4.82. The SMILES string of the molecule is CN1CCN(c2cccc(Br)c2N)CC1. The number of nitrogen functional groups attached to an aromatic ring is 1. The zero-order chi connectivity index (χ0) is 10.8. The summed E-state index contributed by atoms with van der Waals surface area (Å²) in [4.78, 5) is 4.69. The van der Waals surface area contributed by atoms with Gasteiger partial charge < -0.3 is 15.5 Å². The number of nitrogens with two attached hydrogens (primary N) is 1. The van der Waals surface area contributed by atoms with Gasteiger partial charge in [-0.05, 0) is 35.1 Å². The molecule has 0 radical (unpaired) electrons. The largest absolute Gasteiger partial charge is 0.396 e. The monoisotopic (exact) mass is 269 g/mol. The van der Waals surface area contributed by atoms with Crippen LogP contribution in [0.3, 0.4) is 0 Å². The molecule has 1 aliphatic rings. The van der Waals surface area contributed by atoms with Crippen molar-refractivity contribution in [3.8, 4) is 0 Å². The average molecular weight is 270 g/mol. The van der Waals surface area contributed by atoms with Crippen molar-refractivity contribution >= 4 is 27.3 Å². The Bertz CT molecular complexity index is 346. The molecule has 2 N–H and O–H groups in total. The second kappa shape index (κ2) is 4.41. The first kappa shape index (κ1) is 10.8. The van der Waals surface area contributed by atoms with Gasteiger partial charge in [0.1, 0.15) is 0 Å². The number of para-hydroxylation sites is 1. The van der Waals surface area contributed by atoms with Gasteiger partial charge in [-0.3, -0.25) is 0 Å². The van der Waals surface area contributed by atoms with Gasteiger partial charge in [-0.2, -0.15) is 0 Å². The average Bonchev–Trinajstić information content (AvgIpc) is 2.24. The summed E-state index contributed by atoms with van der Waals surface area (Å²) in [5.74, 6) is 0. The lowest BCUT2D eigenvalue weighted by molar-refractivity contribution is 0.313. The predicted molar refractivity (Wildman–Crippen MR) is 68.3 cm³/mol. The van der Waals surface area contributed by atoms with Gasteiger partial charge in [0.25, 0.3) is 0 Å². The van der Waals surface area contributed by atoms with Crippen molar-refractivity contribution in [2.75, 3.05) is 43.9 Å². The summed E-state index contributed by atoms with van der Waals surface area (Å²) in [5, 5.41) is 0. The fraction of sp³-hybridized carbons (Fsp3) is 0.455. The summed E-state index contributed by atoms with van der Waals surface area (Å²) < 4.78 is 0.985. The molecule has 0 saturated carbocycles. The Kier molecular flexibility index (Phi) is 3.17. The highest BCUT2D eigenvalue weighted by atomic mass is 79.9. The van der Waals surface area contributed by atoms with E-state index in [2.05, 4.69) is 38.8 Å². The molecule has 1 fully saturated rings. The first-order chi connectivity index (χ1) is 7.18. The summed E-state index contributed by atoms with van der Waals surface area (Å²) in [6, 6.07) is 6.11. The third kappa shape index (κ3) is 2.26. The molecule has 1 aromatic carbocycles. The molecule has 3 nitrogen and oxygen atoms in total. The van der Waals surface area contributed by atoms with E-state index in [4.69, 9.17) is 5.73 Å². The van der Waals surface area contributed by atoms with Gasteiger partial charge in [0.05, 0.1) is 11.4 Å². The third-order valence-electron chi connectivity index (χ3n) is 2.87. The van der Waals surface area contributed by atoms with Crippen LogP contribution in [0.1, 0.15) is 0 Å². The molecule has 1 saturated heterocycles. The van der Waals surface area contributed by atoms with Crippen molar-refractivity contribution in [1.29, 1.82) is 0 Å². The van der Waals surface area contributed by atoms with Crippen LogP contribution in [0.2, 0.25) is 0 Å². The number of likely N-dealkylation sites (N-methyl/N-ethyl adjacent to an activating group) is 1. The minimum atomic E-state index is 0.849. The highest BCUT2D eigenvalue weighted by molar-refractivity contribution is 9.10. The molecule has 0 unspecified atom stereocenters. The maximum Gasteiger partial charge on any atom is 0.0696 e. The zero-order valence-electron chi connectivity index (χ0n) is 8.91. The van der Waals surface area contributed by atoms with Gasteiger partial charge in [0.15, 0.2) is 0 Å². The molecular formula is C11H16BrN3. The Hall–Kier alpha value is -0.740. The van der Waals surface area contributed by atoms with Crippen LogP contribution in [-0.4, -0.2) is 38.1 Å². The molecule has 0 spiro atoms. The molecule has 82 valence electrons. The van der Waals surface area contributed by atoms with Crippen molar-refractivity contribution in [2.45, 2.75) is 0 Å². The summed E-state index contributed by atoms with van der Waals surface area (Å²) in [5.41, 5.74) is 8.05. The maximum atomic E-state index is 6.05. The van der Waals surface area contributed by atoms with Gasteiger partial charge in [-0.15, -0.1) is 0 Å². The van der Waals surface area contributed by atoms with Crippen LogP contribution in [0.25, 0.3) is 0 Å². The van der Waals surface area contributed by atoms with Crippen LogP contribution in [0, 0.1) is 0 Å². The van der Waals surface area contributed by atoms with Crippen molar-refractivity contribution in [1.82, 2.24) is 4.90 Å². The van der Waals surface area contributed by atoms with Crippen molar-refractivity contribution in [2.24, 2.45) is 0 Å². The normalized spacial score (nSPS) is 18.1. The number of benzene rings is 1. The molecule has 0 amide bonds. The number of nitrogens with zero attached hydrogens (tertiary/aromatic N) is 2. The van der Waals surface area contributed by atoms with Crippen LogP contribution in [0.15, 0.2) is 22.7 Å². The van der Waals surface area contributed by atoms with E-state index in [9.17, 15) is 0 Å². The predicted octanol–water partition coefficient (Wildman–Crippen LogP) is 1.78. The van der Waals surface area contributed by atoms with Crippen LogP contribution in [0.5, 0.6) is 0 Å². The van der Waals surface area contributed by atoms with Crippen LogP contribution in [0.4, 0.5) is 11.4 Å². The lowest BCUT2D eigenvalue weighted by Crippen LogP contribution is -2.44. The van der Waals surface area contributed by atoms with E-state index in [1.165, 1.54) is 0 Å². The molecule has 1 aliphatic heterocycles. The number of halogens is 1. The lowest BCUT2D eigenvalue weighted by atomic mass is 10.2. The molecule has 0 bridgehead atoms. The topological polar surface area (TPSA) is 32.5 Å². The van der Waals surface area contributed by atoms with Crippen LogP contribution in [-0.2, 0) is 0 Å². The molecule has 4 heteroatoms. The third-order valence-corrected chi connectivity index (χ3v) is 3.57. The molecule has 15 heavy (non-hydrogen) atoms. The smallest absolute Gasteiger partial charge is 0.0696 e. The van der Waals surface area contributed by atoms with Crippen molar-refractivity contribution in [3.05, 3.63) is 22.7 Å². The van der Waals surface area contributed by atoms with Crippen molar-refractivity contribution in [3.63, 3.8) is 0 Å². The number of anilines is 2. The Labute approximate surface area is 99.0 Å². The molecular weight excluding hydrogens is 254 g/mol. The number of rotatable bonds is 1. The molecule has 0 aliphatic carbocycles.